The van der Waals surface area contributed by atoms with Crippen molar-refractivity contribution >= 4 is 23.7 Å². The minimum atomic E-state index is -0.329. The third kappa shape index (κ3) is 3.26. The van der Waals surface area contributed by atoms with Crippen molar-refractivity contribution in [2.45, 2.75) is 26.1 Å². The van der Waals surface area contributed by atoms with Gasteiger partial charge in [-0.3, -0.25) is 9.59 Å². The average molecular weight is 204 g/mol. The third-order valence-electron chi connectivity index (χ3n) is 1.61. The summed E-state index contributed by atoms with van der Waals surface area (Å²) in [6.07, 6.45) is -0.544. The Balaban J connectivity index is 2.43. The largest absolute Gasteiger partial charge is 0.458 e. The lowest BCUT2D eigenvalue weighted by Gasteiger charge is -2.17. The van der Waals surface area contributed by atoms with Gasteiger partial charge in [0.2, 0.25) is 0 Å². The highest BCUT2D eigenvalue weighted by atomic mass is 32.2. The fourth-order valence-corrected chi connectivity index (χ4v) is 2.33. The predicted molar refractivity (Wildman–Crippen MR) is 48.4 cm³/mol. The maximum Gasteiger partial charge on any atom is 0.303 e. The summed E-state index contributed by atoms with van der Waals surface area (Å²) in [5, 5.41) is 0. The van der Waals surface area contributed by atoms with Gasteiger partial charge in [0.1, 0.15) is 12.2 Å². The van der Waals surface area contributed by atoms with E-state index in [9.17, 15) is 9.59 Å². The first-order valence-corrected chi connectivity index (χ1v) is 5.17. The van der Waals surface area contributed by atoms with Crippen LogP contribution in [0.1, 0.15) is 13.8 Å². The molecular formula is C8H12O4S. The Morgan fingerprint density at radius 2 is 1.46 bits per heavy atom. The zero-order valence-corrected chi connectivity index (χ0v) is 8.43. The van der Waals surface area contributed by atoms with Crippen LogP contribution in [0.5, 0.6) is 0 Å². The van der Waals surface area contributed by atoms with Crippen LogP contribution in [0.4, 0.5) is 0 Å². The Bertz CT molecular complexity index is 194. The highest BCUT2D eigenvalue weighted by Crippen LogP contribution is 2.23. The van der Waals surface area contributed by atoms with Crippen LogP contribution in [0.3, 0.4) is 0 Å². The summed E-state index contributed by atoms with van der Waals surface area (Å²) >= 11 is 1.62. The Morgan fingerprint density at radius 1 is 1.08 bits per heavy atom. The lowest BCUT2D eigenvalue weighted by atomic mass is 10.2. The molecule has 1 fully saturated rings. The number of carbonyl (C=O) groups is 2. The molecular weight excluding hydrogens is 192 g/mol. The van der Waals surface area contributed by atoms with E-state index in [1.54, 1.807) is 11.8 Å². The van der Waals surface area contributed by atoms with Crippen LogP contribution in [0.2, 0.25) is 0 Å². The maximum absolute atomic E-state index is 10.7. The molecule has 0 aromatic rings. The summed E-state index contributed by atoms with van der Waals surface area (Å²) in [6, 6.07) is 0. The third-order valence-corrected chi connectivity index (χ3v) is 2.74. The molecule has 13 heavy (non-hydrogen) atoms. The lowest BCUT2D eigenvalue weighted by Crippen LogP contribution is -2.32. The number of thioether (sulfide) groups is 1. The Labute approximate surface area is 81.0 Å². The molecule has 4 nitrogen and oxygen atoms in total. The fourth-order valence-electron chi connectivity index (χ4n) is 1.16. The molecule has 0 saturated carbocycles. The van der Waals surface area contributed by atoms with Crippen LogP contribution in [0.15, 0.2) is 0 Å². The smallest absolute Gasteiger partial charge is 0.303 e. The molecule has 0 bridgehead atoms. The van der Waals surface area contributed by atoms with E-state index in [-0.39, 0.29) is 24.1 Å². The lowest BCUT2D eigenvalue weighted by molar-refractivity contribution is -0.160. The first kappa shape index (κ1) is 10.4. The molecule has 5 heteroatoms. The van der Waals surface area contributed by atoms with E-state index in [4.69, 9.17) is 9.47 Å². The van der Waals surface area contributed by atoms with E-state index in [1.807, 2.05) is 0 Å². The van der Waals surface area contributed by atoms with Gasteiger partial charge in [0, 0.05) is 25.4 Å². The second-order valence-electron chi connectivity index (χ2n) is 2.83. The first-order chi connectivity index (χ1) is 6.09. The molecule has 0 radical (unpaired) electrons. The second-order valence-corrected chi connectivity index (χ2v) is 3.91. The number of rotatable bonds is 2. The first-order valence-electron chi connectivity index (χ1n) is 4.02. The highest BCUT2D eigenvalue weighted by Gasteiger charge is 2.32. The highest BCUT2D eigenvalue weighted by molar-refractivity contribution is 7.99. The van der Waals surface area contributed by atoms with Gasteiger partial charge in [-0.05, 0) is 0 Å². The van der Waals surface area contributed by atoms with Gasteiger partial charge in [0.15, 0.2) is 0 Å². The van der Waals surface area contributed by atoms with E-state index in [2.05, 4.69) is 0 Å². The van der Waals surface area contributed by atoms with Gasteiger partial charge in [-0.15, -0.1) is 0 Å². The van der Waals surface area contributed by atoms with Crippen molar-refractivity contribution in [3.05, 3.63) is 0 Å². The standard InChI is InChI=1S/C8H12O4S/c1-5(9)11-7-3-13-4-8(7)12-6(2)10/h7-8H,3-4H2,1-2H3/t7-,8-/m1/s1. The van der Waals surface area contributed by atoms with E-state index in [0.29, 0.717) is 11.5 Å². The van der Waals surface area contributed by atoms with Crippen molar-refractivity contribution in [3.8, 4) is 0 Å². The molecule has 1 aliphatic rings. The van der Waals surface area contributed by atoms with Gasteiger partial charge in [0.05, 0.1) is 0 Å². The molecule has 1 rings (SSSR count). The zero-order valence-electron chi connectivity index (χ0n) is 7.61. The van der Waals surface area contributed by atoms with E-state index < -0.39 is 0 Å². The molecule has 2 atom stereocenters. The Hall–Kier alpha value is -0.710. The normalized spacial score (nSPS) is 26.9. The van der Waals surface area contributed by atoms with Crippen molar-refractivity contribution < 1.29 is 19.1 Å². The minimum absolute atomic E-state index is 0.272. The summed E-state index contributed by atoms with van der Waals surface area (Å²) < 4.78 is 9.98. The molecule has 74 valence electrons. The van der Waals surface area contributed by atoms with Gasteiger partial charge in [-0.1, -0.05) is 0 Å². The molecule has 0 aromatic carbocycles. The van der Waals surface area contributed by atoms with Crippen LogP contribution in [-0.2, 0) is 19.1 Å². The Kier molecular flexibility index (Phi) is 3.59. The van der Waals surface area contributed by atoms with Crippen LogP contribution in [0, 0.1) is 0 Å². The predicted octanol–water partition coefficient (Wildman–Crippen LogP) is 0.597. The SMILES string of the molecule is CC(=O)O[C@@H]1CSC[C@H]1OC(C)=O. The molecule has 0 unspecified atom stereocenters. The van der Waals surface area contributed by atoms with Crippen LogP contribution >= 0.6 is 11.8 Å². The monoisotopic (exact) mass is 204 g/mol. The second kappa shape index (κ2) is 4.50. The molecule has 0 aliphatic carbocycles. The minimum Gasteiger partial charge on any atom is -0.458 e. The van der Waals surface area contributed by atoms with Crippen molar-refractivity contribution in [1.29, 1.82) is 0 Å². The van der Waals surface area contributed by atoms with Gasteiger partial charge >= 0.3 is 11.9 Å². The number of hydrogen-bond acceptors (Lipinski definition) is 5. The summed E-state index contributed by atoms with van der Waals surface area (Å²) in [5.74, 6) is 0.754. The molecule has 0 spiro atoms. The van der Waals surface area contributed by atoms with Crippen molar-refractivity contribution in [2.24, 2.45) is 0 Å². The molecule has 0 amide bonds. The molecule has 0 aromatic heterocycles. The number of carbonyl (C=O) groups excluding carboxylic acids is 2. The number of ether oxygens (including phenoxy) is 2. The van der Waals surface area contributed by atoms with Gasteiger partial charge < -0.3 is 9.47 Å². The summed E-state index contributed by atoms with van der Waals surface area (Å²) in [7, 11) is 0. The summed E-state index contributed by atoms with van der Waals surface area (Å²) in [5.41, 5.74) is 0. The van der Waals surface area contributed by atoms with Crippen LogP contribution in [0.25, 0.3) is 0 Å². The quantitative estimate of drug-likeness (QED) is 0.616. The van der Waals surface area contributed by atoms with Crippen molar-refractivity contribution in [2.75, 3.05) is 11.5 Å². The fraction of sp³-hybridized carbons (Fsp3) is 0.750. The van der Waals surface area contributed by atoms with Gasteiger partial charge in [-0.25, -0.2) is 0 Å². The Morgan fingerprint density at radius 3 is 1.77 bits per heavy atom. The molecule has 1 aliphatic heterocycles. The maximum atomic E-state index is 10.7. The van der Waals surface area contributed by atoms with Crippen molar-refractivity contribution in [1.82, 2.24) is 0 Å². The zero-order chi connectivity index (χ0) is 9.84. The van der Waals surface area contributed by atoms with E-state index >= 15 is 0 Å². The van der Waals surface area contributed by atoms with E-state index in [1.165, 1.54) is 13.8 Å². The summed E-state index contributed by atoms with van der Waals surface area (Å²) in [6.45, 7) is 2.71. The van der Waals surface area contributed by atoms with Crippen LogP contribution < -0.4 is 0 Å². The molecule has 0 N–H and O–H groups in total. The van der Waals surface area contributed by atoms with Crippen molar-refractivity contribution in [3.63, 3.8) is 0 Å². The van der Waals surface area contributed by atoms with Gasteiger partial charge in [-0.2, -0.15) is 11.8 Å². The molecule has 1 saturated heterocycles. The van der Waals surface area contributed by atoms with Gasteiger partial charge in [0.25, 0.3) is 0 Å². The molecule has 1 heterocycles. The number of esters is 2. The topological polar surface area (TPSA) is 52.6 Å². The average Bonchev–Trinajstić information content (AvgIpc) is 2.34. The number of hydrogen-bond donors (Lipinski definition) is 0. The summed E-state index contributed by atoms with van der Waals surface area (Å²) in [4.78, 5) is 21.3. The van der Waals surface area contributed by atoms with E-state index in [0.717, 1.165) is 0 Å². The van der Waals surface area contributed by atoms with Crippen LogP contribution in [-0.4, -0.2) is 35.7 Å².